The number of halogens is 2. The number of aliphatic hydroxyl groups is 1. The molecule has 2 unspecified atom stereocenters. The highest BCUT2D eigenvalue weighted by molar-refractivity contribution is 6.42. The lowest BCUT2D eigenvalue weighted by Crippen LogP contribution is -2.25. The van der Waals surface area contributed by atoms with E-state index in [1.807, 2.05) is 12.1 Å². The summed E-state index contributed by atoms with van der Waals surface area (Å²) in [5.74, 6) is 0.158. The van der Waals surface area contributed by atoms with Crippen LogP contribution in [0.3, 0.4) is 0 Å². The second-order valence-electron chi connectivity index (χ2n) is 4.05. The van der Waals surface area contributed by atoms with Gasteiger partial charge in [-0.2, -0.15) is 0 Å². The molecule has 0 bridgehead atoms. The first-order valence-electron chi connectivity index (χ1n) is 5.40. The molecule has 0 saturated carbocycles. The van der Waals surface area contributed by atoms with Crippen molar-refractivity contribution in [2.24, 2.45) is 5.92 Å². The van der Waals surface area contributed by atoms with Crippen LogP contribution in [-0.4, -0.2) is 18.3 Å². The van der Waals surface area contributed by atoms with Gasteiger partial charge in [-0.3, -0.25) is 0 Å². The first-order valence-corrected chi connectivity index (χ1v) is 6.15. The van der Waals surface area contributed by atoms with E-state index in [-0.39, 0.29) is 18.6 Å². The van der Waals surface area contributed by atoms with Gasteiger partial charge in [0, 0.05) is 19.1 Å². The summed E-state index contributed by atoms with van der Waals surface area (Å²) in [5, 5.41) is 10.4. The number of hydrogen-bond donors (Lipinski definition) is 1. The van der Waals surface area contributed by atoms with Crippen molar-refractivity contribution in [2.75, 3.05) is 13.2 Å². The second kappa shape index (κ2) is 5.37. The summed E-state index contributed by atoms with van der Waals surface area (Å²) in [7, 11) is 0. The molecule has 4 heteroatoms. The van der Waals surface area contributed by atoms with Crippen LogP contribution in [0.5, 0.6) is 0 Å². The molecule has 1 aliphatic heterocycles. The van der Waals surface area contributed by atoms with E-state index in [0.29, 0.717) is 10.0 Å². The van der Waals surface area contributed by atoms with E-state index in [2.05, 4.69) is 0 Å². The molecule has 1 aliphatic rings. The summed E-state index contributed by atoms with van der Waals surface area (Å²) in [4.78, 5) is 0. The quantitative estimate of drug-likeness (QED) is 0.883. The van der Waals surface area contributed by atoms with Crippen molar-refractivity contribution in [3.63, 3.8) is 0 Å². The topological polar surface area (TPSA) is 29.5 Å². The average molecular weight is 261 g/mol. The third-order valence-corrected chi connectivity index (χ3v) is 3.69. The van der Waals surface area contributed by atoms with E-state index in [4.69, 9.17) is 27.9 Å². The Hall–Kier alpha value is -0.280. The molecule has 0 aliphatic carbocycles. The van der Waals surface area contributed by atoms with E-state index in [9.17, 15) is 5.11 Å². The molecule has 1 saturated heterocycles. The van der Waals surface area contributed by atoms with Gasteiger partial charge in [-0.15, -0.1) is 0 Å². The molecule has 88 valence electrons. The maximum absolute atomic E-state index is 9.31. The van der Waals surface area contributed by atoms with Crippen LogP contribution in [-0.2, 0) is 4.74 Å². The van der Waals surface area contributed by atoms with Crippen molar-refractivity contribution in [1.82, 2.24) is 0 Å². The third-order valence-electron chi connectivity index (χ3n) is 2.95. The predicted molar refractivity (Wildman–Crippen MR) is 65.0 cm³/mol. The van der Waals surface area contributed by atoms with Gasteiger partial charge in [-0.05, 0) is 30.5 Å². The van der Waals surface area contributed by atoms with Gasteiger partial charge in [0.1, 0.15) is 0 Å². The SMILES string of the molecule is OCC1CCCOC1c1ccc(Cl)c(Cl)c1. The fraction of sp³-hybridized carbons (Fsp3) is 0.500. The van der Waals surface area contributed by atoms with Crippen LogP contribution in [0.1, 0.15) is 24.5 Å². The first-order chi connectivity index (χ1) is 7.72. The van der Waals surface area contributed by atoms with Gasteiger partial charge in [-0.25, -0.2) is 0 Å². The van der Waals surface area contributed by atoms with E-state index < -0.39 is 0 Å². The summed E-state index contributed by atoms with van der Waals surface area (Å²) < 4.78 is 5.70. The predicted octanol–water partition coefficient (Wildman–Crippen LogP) is 3.45. The molecule has 16 heavy (non-hydrogen) atoms. The second-order valence-corrected chi connectivity index (χ2v) is 4.86. The number of hydrogen-bond acceptors (Lipinski definition) is 2. The molecule has 1 fully saturated rings. The Labute approximate surface area is 105 Å². The number of benzene rings is 1. The van der Waals surface area contributed by atoms with Gasteiger partial charge in [-0.1, -0.05) is 29.3 Å². The lowest BCUT2D eigenvalue weighted by Gasteiger charge is -2.30. The molecule has 1 N–H and O–H groups in total. The van der Waals surface area contributed by atoms with E-state index in [1.54, 1.807) is 6.07 Å². The molecule has 0 spiro atoms. The number of ether oxygens (including phenoxy) is 1. The minimum Gasteiger partial charge on any atom is -0.396 e. The first kappa shape index (κ1) is 12.2. The van der Waals surface area contributed by atoms with Gasteiger partial charge < -0.3 is 9.84 Å². The molecular weight excluding hydrogens is 247 g/mol. The highest BCUT2D eigenvalue weighted by Crippen LogP contribution is 2.35. The average Bonchev–Trinajstić information content (AvgIpc) is 2.32. The lowest BCUT2D eigenvalue weighted by molar-refractivity contribution is -0.0457. The van der Waals surface area contributed by atoms with E-state index in [0.717, 1.165) is 25.0 Å². The molecule has 1 aromatic rings. The van der Waals surface area contributed by atoms with Crippen LogP contribution in [0.15, 0.2) is 18.2 Å². The van der Waals surface area contributed by atoms with Crippen LogP contribution < -0.4 is 0 Å². The van der Waals surface area contributed by atoms with Crippen molar-refractivity contribution >= 4 is 23.2 Å². The molecule has 0 amide bonds. The molecular formula is C12H14Cl2O2. The molecule has 2 atom stereocenters. The maximum Gasteiger partial charge on any atom is 0.0875 e. The zero-order chi connectivity index (χ0) is 11.5. The summed E-state index contributed by atoms with van der Waals surface area (Å²) in [6.07, 6.45) is 1.93. The van der Waals surface area contributed by atoms with Crippen LogP contribution in [0, 0.1) is 5.92 Å². The Morgan fingerprint density at radius 2 is 2.12 bits per heavy atom. The van der Waals surface area contributed by atoms with Gasteiger partial charge in [0.05, 0.1) is 16.1 Å². The number of rotatable bonds is 2. The Morgan fingerprint density at radius 1 is 1.31 bits per heavy atom. The van der Waals surface area contributed by atoms with Crippen LogP contribution >= 0.6 is 23.2 Å². The normalized spacial score (nSPS) is 25.7. The molecule has 2 nitrogen and oxygen atoms in total. The fourth-order valence-corrected chi connectivity index (χ4v) is 2.39. The van der Waals surface area contributed by atoms with E-state index in [1.165, 1.54) is 0 Å². The van der Waals surface area contributed by atoms with Gasteiger partial charge in [0.2, 0.25) is 0 Å². The Morgan fingerprint density at radius 3 is 2.81 bits per heavy atom. The molecule has 0 aromatic heterocycles. The highest BCUT2D eigenvalue weighted by atomic mass is 35.5. The Balaban J connectivity index is 2.23. The van der Waals surface area contributed by atoms with Crippen LogP contribution in [0.4, 0.5) is 0 Å². The molecule has 1 heterocycles. The van der Waals surface area contributed by atoms with Crippen molar-refractivity contribution in [2.45, 2.75) is 18.9 Å². The summed E-state index contributed by atoms with van der Waals surface area (Å²) in [6, 6.07) is 5.50. The highest BCUT2D eigenvalue weighted by Gasteiger charge is 2.27. The zero-order valence-corrected chi connectivity index (χ0v) is 10.3. The van der Waals surface area contributed by atoms with Crippen molar-refractivity contribution in [3.8, 4) is 0 Å². The lowest BCUT2D eigenvalue weighted by atomic mass is 9.90. The fourth-order valence-electron chi connectivity index (χ4n) is 2.09. The zero-order valence-electron chi connectivity index (χ0n) is 8.83. The van der Waals surface area contributed by atoms with E-state index >= 15 is 0 Å². The summed E-state index contributed by atoms with van der Waals surface area (Å²) in [6.45, 7) is 0.881. The standard InChI is InChI=1S/C12H14Cl2O2/c13-10-4-3-8(6-11(10)14)12-9(7-15)2-1-5-16-12/h3-4,6,9,12,15H,1-2,5,7H2. The van der Waals surface area contributed by atoms with Gasteiger partial charge in [0.25, 0.3) is 0 Å². The Kier molecular flexibility index (Phi) is 4.09. The van der Waals surface area contributed by atoms with Gasteiger partial charge >= 0.3 is 0 Å². The van der Waals surface area contributed by atoms with Crippen molar-refractivity contribution in [1.29, 1.82) is 0 Å². The van der Waals surface area contributed by atoms with Crippen LogP contribution in [0.25, 0.3) is 0 Å². The van der Waals surface area contributed by atoms with Crippen molar-refractivity contribution in [3.05, 3.63) is 33.8 Å². The molecule has 0 radical (unpaired) electrons. The monoisotopic (exact) mass is 260 g/mol. The smallest absolute Gasteiger partial charge is 0.0875 e. The summed E-state index contributed by atoms with van der Waals surface area (Å²) >= 11 is 11.8. The Bertz CT molecular complexity index is 368. The van der Waals surface area contributed by atoms with Crippen molar-refractivity contribution < 1.29 is 9.84 Å². The summed E-state index contributed by atoms with van der Waals surface area (Å²) in [5.41, 5.74) is 0.994. The van der Waals surface area contributed by atoms with Gasteiger partial charge in [0.15, 0.2) is 0 Å². The number of aliphatic hydroxyl groups excluding tert-OH is 1. The minimum absolute atomic E-state index is 0.0616. The largest absolute Gasteiger partial charge is 0.396 e. The maximum atomic E-state index is 9.31. The van der Waals surface area contributed by atoms with Crippen LogP contribution in [0.2, 0.25) is 10.0 Å². The molecule has 1 aromatic carbocycles. The molecule has 2 rings (SSSR count). The minimum atomic E-state index is -0.0616. The third kappa shape index (κ3) is 2.51.